The maximum absolute atomic E-state index is 14.3. The van der Waals surface area contributed by atoms with Crippen molar-refractivity contribution in [2.24, 2.45) is 0 Å². The molecule has 0 aliphatic heterocycles. The normalized spacial score (nSPS) is 12.2. The Morgan fingerprint density at radius 3 is 1.96 bits per heavy atom. The number of hydrogen-bond acceptors (Lipinski definition) is 5. The summed E-state index contributed by atoms with van der Waals surface area (Å²) < 4.78 is 33.2. The van der Waals surface area contributed by atoms with E-state index in [1.807, 2.05) is 113 Å². The molecule has 0 bridgehead atoms. The van der Waals surface area contributed by atoms with Crippen molar-refractivity contribution in [2.75, 3.05) is 17.1 Å². The molecule has 0 saturated heterocycles. The third-order valence-electron chi connectivity index (χ3n) is 7.26. The summed E-state index contributed by atoms with van der Waals surface area (Å²) in [5.74, 6) is -0.250. The molecule has 46 heavy (non-hydrogen) atoms. The third-order valence-corrected chi connectivity index (χ3v) is 8.40. The number of carbonyl (C=O) groups excluding carboxylic acids is 2. The quantitative estimate of drug-likeness (QED) is 0.196. The molecule has 4 aromatic carbocycles. The van der Waals surface area contributed by atoms with E-state index in [0.29, 0.717) is 18.0 Å². The minimum absolute atomic E-state index is 0.124. The van der Waals surface area contributed by atoms with Crippen LogP contribution in [0.4, 0.5) is 5.69 Å². The summed E-state index contributed by atoms with van der Waals surface area (Å²) in [5.41, 5.74) is 3.50. The summed E-state index contributed by atoms with van der Waals surface area (Å²) in [5, 5.41) is 3.04. The van der Waals surface area contributed by atoms with Crippen LogP contribution in [0, 0.1) is 6.92 Å². The zero-order chi connectivity index (χ0) is 33.3. The third kappa shape index (κ3) is 10.2. The first-order valence-electron chi connectivity index (χ1n) is 15.2. The molecular weight excluding hydrogens is 598 g/mol. The molecule has 2 amide bonds. The SMILES string of the molecule is Cc1cccc(CN(C(=O)CN(c2ccc(OCc3ccccc3)cc2)S(C)(=O)=O)[C@@H](Cc2ccccc2)C(=O)NC(C)(C)C)c1. The second-order valence-corrected chi connectivity index (χ2v) is 14.4. The predicted molar refractivity (Wildman–Crippen MR) is 183 cm³/mol. The Labute approximate surface area is 273 Å². The van der Waals surface area contributed by atoms with Crippen LogP contribution in [0.15, 0.2) is 109 Å². The molecule has 0 aliphatic rings. The molecule has 0 aromatic heterocycles. The average Bonchev–Trinajstić information content (AvgIpc) is 3.00. The molecule has 0 aliphatic carbocycles. The van der Waals surface area contributed by atoms with Gasteiger partial charge in [0.25, 0.3) is 0 Å². The van der Waals surface area contributed by atoms with E-state index < -0.39 is 34.1 Å². The lowest BCUT2D eigenvalue weighted by molar-refractivity contribution is -0.140. The minimum atomic E-state index is -3.88. The first-order valence-corrected chi connectivity index (χ1v) is 17.1. The number of sulfonamides is 1. The van der Waals surface area contributed by atoms with Crippen molar-refractivity contribution in [3.8, 4) is 5.75 Å². The number of rotatable bonds is 13. The van der Waals surface area contributed by atoms with E-state index in [2.05, 4.69) is 5.32 Å². The maximum atomic E-state index is 14.3. The number of nitrogens with one attached hydrogen (secondary N) is 1. The smallest absolute Gasteiger partial charge is 0.244 e. The van der Waals surface area contributed by atoms with Crippen LogP contribution in [0.5, 0.6) is 5.75 Å². The zero-order valence-electron chi connectivity index (χ0n) is 27.1. The predicted octanol–water partition coefficient (Wildman–Crippen LogP) is 5.89. The highest BCUT2D eigenvalue weighted by Gasteiger charge is 2.34. The number of anilines is 1. The Balaban J connectivity index is 1.66. The van der Waals surface area contributed by atoms with Crippen LogP contribution < -0.4 is 14.4 Å². The van der Waals surface area contributed by atoms with Gasteiger partial charge in [-0.05, 0) is 68.7 Å². The molecule has 4 aromatic rings. The molecule has 4 rings (SSSR count). The van der Waals surface area contributed by atoms with Crippen LogP contribution in [0.2, 0.25) is 0 Å². The molecule has 0 saturated carbocycles. The summed E-state index contributed by atoms with van der Waals surface area (Å²) in [4.78, 5) is 29.7. The first kappa shape index (κ1) is 34.2. The summed E-state index contributed by atoms with van der Waals surface area (Å²) in [7, 11) is -3.88. The first-order chi connectivity index (χ1) is 21.8. The van der Waals surface area contributed by atoms with E-state index in [0.717, 1.165) is 32.8 Å². The molecule has 1 N–H and O–H groups in total. The number of hydrogen-bond donors (Lipinski definition) is 1. The lowest BCUT2D eigenvalue weighted by atomic mass is 10.0. The van der Waals surface area contributed by atoms with Gasteiger partial charge in [-0.3, -0.25) is 13.9 Å². The average molecular weight is 642 g/mol. The molecule has 9 heteroatoms. The van der Waals surface area contributed by atoms with Gasteiger partial charge in [0.1, 0.15) is 24.9 Å². The van der Waals surface area contributed by atoms with Crippen LogP contribution in [-0.2, 0) is 39.2 Å². The van der Waals surface area contributed by atoms with Crippen LogP contribution in [0.1, 0.15) is 43.0 Å². The van der Waals surface area contributed by atoms with Crippen molar-refractivity contribution >= 4 is 27.5 Å². The lowest BCUT2D eigenvalue weighted by Gasteiger charge is -2.35. The Bertz CT molecular complexity index is 1700. The zero-order valence-corrected chi connectivity index (χ0v) is 28.0. The van der Waals surface area contributed by atoms with Crippen molar-refractivity contribution in [3.05, 3.63) is 131 Å². The Hall–Kier alpha value is -4.63. The number of amides is 2. The van der Waals surface area contributed by atoms with E-state index in [1.54, 1.807) is 24.3 Å². The highest BCUT2D eigenvalue weighted by atomic mass is 32.2. The monoisotopic (exact) mass is 641 g/mol. The lowest BCUT2D eigenvalue weighted by Crippen LogP contribution is -2.56. The maximum Gasteiger partial charge on any atom is 0.244 e. The van der Waals surface area contributed by atoms with Crippen LogP contribution >= 0.6 is 0 Å². The molecule has 0 unspecified atom stereocenters. The Kier molecular flexibility index (Phi) is 11.2. The van der Waals surface area contributed by atoms with Gasteiger partial charge in [-0.25, -0.2) is 8.42 Å². The summed E-state index contributed by atoms with van der Waals surface area (Å²) in [6, 6.07) is 32.6. The fraction of sp³-hybridized carbons (Fsp3) is 0.297. The largest absolute Gasteiger partial charge is 0.489 e. The Morgan fingerprint density at radius 2 is 1.39 bits per heavy atom. The standard InChI is InChI=1S/C37H43N3O5S/c1-28-13-12-18-31(23-28)25-39(34(36(42)38-37(2,3)4)24-29-14-8-6-9-15-29)35(41)26-40(46(5,43)44)32-19-21-33(22-20-32)45-27-30-16-10-7-11-17-30/h6-23,34H,24-27H2,1-5H3,(H,38,42)/t34-/m0/s1. The second kappa shape index (κ2) is 15.1. The minimum Gasteiger partial charge on any atom is -0.489 e. The molecule has 1 atom stereocenters. The topological polar surface area (TPSA) is 96.0 Å². The van der Waals surface area contributed by atoms with Gasteiger partial charge < -0.3 is 15.0 Å². The van der Waals surface area contributed by atoms with Gasteiger partial charge in [-0.2, -0.15) is 0 Å². The molecule has 242 valence electrons. The van der Waals surface area contributed by atoms with Gasteiger partial charge in [-0.15, -0.1) is 0 Å². The van der Waals surface area contributed by atoms with Gasteiger partial charge in [0.15, 0.2) is 0 Å². The number of carbonyl (C=O) groups is 2. The molecular formula is C37H43N3O5S. The number of benzene rings is 4. The van der Waals surface area contributed by atoms with Crippen molar-refractivity contribution in [1.82, 2.24) is 10.2 Å². The van der Waals surface area contributed by atoms with Crippen molar-refractivity contribution in [2.45, 2.75) is 58.8 Å². The van der Waals surface area contributed by atoms with Gasteiger partial charge in [0, 0.05) is 18.5 Å². The van der Waals surface area contributed by atoms with Crippen molar-refractivity contribution < 1.29 is 22.7 Å². The van der Waals surface area contributed by atoms with E-state index in [1.165, 1.54) is 4.90 Å². The van der Waals surface area contributed by atoms with Gasteiger partial charge in [0.05, 0.1) is 11.9 Å². The molecule has 0 heterocycles. The van der Waals surface area contributed by atoms with Crippen molar-refractivity contribution in [1.29, 1.82) is 0 Å². The van der Waals surface area contributed by atoms with Crippen LogP contribution in [-0.4, -0.2) is 49.5 Å². The van der Waals surface area contributed by atoms with Gasteiger partial charge >= 0.3 is 0 Å². The summed E-state index contributed by atoms with van der Waals surface area (Å²) in [6.07, 6.45) is 1.32. The van der Waals surface area contributed by atoms with E-state index in [9.17, 15) is 18.0 Å². The Morgan fingerprint density at radius 1 is 0.804 bits per heavy atom. The second-order valence-electron chi connectivity index (χ2n) is 12.5. The molecule has 0 spiro atoms. The van der Waals surface area contributed by atoms with Crippen LogP contribution in [0.3, 0.4) is 0 Å². The number of ether oxygens (including phenoxy) is 1. The molecule has 8 nitrogen and oxygen atoms in total. The van der Waals surface area contributed by atoms with E-state index in [4.69, 9.17) is 4.74 Å². The summed E-state index contributed by atoms with van der Waals surface area (Å²) in [6.45, 7) is 7.62. The van der Waals surface area contributed by atoms with E-state index >= 15 is 0 Å². The highest BCUT2D eigenvalue weighted by molar-refractivity contribution is 7.92. The summed E-state index contributed by atoms with van der Waals surface area (Å²) >= 11 is 0. The molecule has 0 fully saturated rings. The van der Waals surface area contributed by atoms with Crippen molar-refractivity contribution in [3.63, 3.8) is 0 Å². The fourth-order valence-electron chi connectivity index (χ4n) is 5.08. The molecule has 0 radical (unpaired) electrons. The number of nitrogens with zero attached hydrogens (tertiary/aromatic N) is 2. The number of aryl methyl sites for hydroxylation is 1. The van der Waals surface area contributed by atoms with Gasteiger partial charge in [0.2, 0.25) is 21.8 Å². The van der Waals surface area contributed by atoms with E-state index in [-0.39, 0.29) is 18.9 Å². The van der Waals surface area contributed by atoms with Gasteiger partial charge in [-0.1, -0.05) is 90.5 Å². The highest BCUT2D eigenvalue weighted by Crippen LogP contribution is 2.24. The fourth-order valence-corrected chi connectivity index (χ4v) is 5.93. The van der Waals surface area contributed by atoms with Crippen LogP contribution in [0.25, 0.3) is 0 Å².